The Hall–Kier alpha value is -6.80. The minimum atomic E-state index is -0.403. The number of hydrogen-bond acceptors (Lipinski definition) is 11. The number of urea groups is 3. The van der Waals surface area contributed by atoms with Crippen molar-refractivity contribution in [1.29, 1.82) is 0 Å². The normalized spacial score (nSPS) is 20.3. The summed E-state index contributed by atoms with van der Waals surface area (Å²) in [6.45, 7) is 11.5. The number of aromatic nitrogens is 6. The number of carbonyl (C=O) groups excluding carboxylic acids is 6. The van der Waals surface area contributed by atoms with Gasteiger partial charge in [0.05, 0.1) is 100 Å². The van der Waals surface area contributed by atoms with Gasteiger partial charge in [0.1, 0.15) is 0 Å². The van der Waals surface area contributed by atoms with Crippen molar-refractivity contribution in [2.24, 2.45) is 17.2 Å². The predicted octanol–water partition coefficient (Wildman–Crippen LogP) is 0.471. The summed E-state index contributed by atoms with van der Waals surface area (Å²) in [6, 6.07) is -0.147. The largest absolute Gasteiger partial charge is 0.369 e. The minimum Gasteiger partial charge on any atom is -0.369 e. The van der Waals surface area contributed by atoms with Crippen LogP contribution in [0.25, 0.3) is 11.4 Å². The van der Waals surface area contributed by atoms with Crippen molar-refractivity contribution in [3.63, 3.8) is 0 Å². The van der Waals surface area contributed by atoms with Gasteiger partial charge in [-0.05, 0) is 57.5 Å². The number of nitrogens with zero attached hydrogens (tertiary/aromatic N) is 11. The summed E-state index contributed by atoms with van der Waals surface area (Å²) >= 11 is 2.25. The molecule has 340 valence electrons. The highest BCUT2D eigenvalue weighted by molar-refractivity contribution is 14.1. The number of carbonyl (C=O) groups is 6. The number of hydroxylamine groups is 4. The lowest BCUT2D eigenvalue weighted by atomic mass is 10.2. The van der Waals surface area contributed by atoms with E-state index in [-0.39, 0.29) is 73.9 Å². The van der Waals surface area contributed by atoms with Crippen LogP contribution >= 0.6 is 22.6 Å². The maximum atomic E-state index is 12.2. The molecule has 6 aliphatic heterocycles. The smallest absolute Gasteiger partial charge is 0.345 e. The molecule has 9 heterocycles. The van der Waals surface area contributed by atoms with Crippen molar-refractivity contribution >= 4 is 69.8 Å². The molecule has 9 rings (SSSR count). The number of H-pyrrole nitrogens is 1. The van der Waals surface area contributed by atoms with Gasteiger partial charge in [-0.1, -0.05) is 12.2 Å². The number of halogens is 1. The van der Waals surface area contributed by atoms with Crippen molar-refractivity contribution in [3.8, 4) is 0 Å². The molecule has 24 heteroatoms. The first-order valence-electron chi connectivity index (χ1n) is 20.0. The topological polar surface area (TPSA) is 283 Å². The lowest BCUT2D eigenvalue weighted by molar-refractivity contribution is -0.118. The molecular weight excluding hydrogens is 945 g/mol. The fourth-order valence-corrected chi connectivity index (χ4v) is 8.18. The molecule has 0 saturated carbocycles. The molecule has 64 heavy (non-hydrogen) atoms. The highest BCUT2D eigenvalue weighted by Gasteiger charge is 2.42. The summed E-state index contributed by atoms with van der Waals surface area (Å²) in [7, 11) is 1.80. The van der Waals surface area contributed by atoms with Crippen molar-refractivity contribution in [2.75, 3.05) is 59.5 Å². The molecular formula is C40H50IN15O8. The van der Waals surface area contributed by atoms with Gasteiger partial charge in [-0.3, -0.25) is 29.2 Å². The molecule has 9 amide bonds. The number of nitrogens with one attached hydrogen (secondary N) is 1. The zero-order valence-electron chi connectivity index (χ0n) is 35.1. The molecule has 3 unspecified atom stereocenters. The van der Waals surface area contributed by atoms with Crippen molar-refractivity contribution in [3.05, 3.63) is 101 Å². The van der Waals surface area contributed by atoms with Gasteiger partial charge < -0.3 is 36.8 Å². The standard InChI is InChI=1S/C14H17N5O3.C12H15N5O2.C9H11IN2O2.C5H7N3O/c1-2-3-22-19-12-5-11(8-17(9-12)14(19)21)18-7-10(6-16-18)4-13(15)20;1-15-9-3-10(7-16(6-9)12(15)19)17-5-8(4-14-17)2-11(13)18;1-2-3-14-12-8-4-7(10)5-11(6-8)9(12)13;6-5(9)1-4-2-7-8-3-4/h2,5-7,12H,1,3-4,8-9H2,(H2,15,20);3-5,9H,2,6-7H2,1H3,(H2,13,18);2,4,8H,1,3,5-6H2;2-3H,1H2,(H2,6,9)(H,7,8). The summed E-state index contributed by atoms with van der Waals surface area (Å²) in [5.41, 5.74) is 19.4. The maximum Gasteiger partial charge on any atom is 0.345 e. The average Bonchev–Trinajstić information content (AvgIpc) is 4.12. The Labute approximate surface area is 381 Å². The van der Waals surface area contributed by atoms with E-state index >= 15 is 0 Å². The quantitative estimate of drug-likeness (QED) is 0.127. The molecule has 3 saturated heterocycles. The van der Waals surface area contributed by atoms with Crippen molar-refractivity contribution in [1.82, 2.24) is 59.5 Å². The third-order valence-electron chi connectivity index (χ3n) is 10.2. The van der Waals surface area contributed by atoms with Gasteiger partial charge in [-0.15, -0.1) is 13.2 Å². The lowest BCUT2D eigenvalue weighted by Crippen LogP contribution is -2.33. The summed E-state index contributed by atoms with van der Waals surface area (Å²) < 4.78 is 4.57. The zero-order valence-corrected chi connectivity index (χ0v) is 37.2. The molecule has 3 fully saturated rings. The number of fused-ring (bicyclic) bond motifs is 6. The van der Waals surface area contributed by atoms with E-state index in [0.29, 0.717) is 32.8 Å². The SMILES string of the molecule is C=CCON1C(=O)N2CC(I)=CC1C2.C=CCON1C(=O)N2CC(n3cc(CC(N)=O)cn3)=CC1C2.CN1C(=O)N2CC(n3cc(CC(N)=O)cn3)=CC1C2.NC(=O)Cc1cn[nH]c1. The van der Waals surface area contributed by atoms with Gasteiger partial charge in [0.2, 0.25) is 17.7 Å². The van der Waals surface area contributed by atoms with Crippen molar-refractivity contribution in [2.45, 2.75) is 37.4 Å². The first kappa shape index (κ1) is 46.7. The van der Waals surface area contributed by atoms with Crippen LogP contribution < -0.4 is 17.2 Å². The van der Waals surface area contributed by atoms with Gasteiger partial charge in [-0.2, -0.15) is 25.4 Å². The molecule has 6 aliphatic rings. The number of likely N-dealkylation sites (N-methyl/N-ethyl adjacent to an activating group) is 1. The van der Waals surface area contributed by atoms with E-state index in [2.05, 4.69) is 62.2 Å². The van der Waals surface area contributed by atoms with E-state index in [1.54, 1.807) is 85.3 Å². The van der Waals surface area contributed by atoms with E-state index in [1.165, 1.54) is 13.7 Å². The van der Waals surface area contributed by atoms with Crippen LogP contribution in [-0.4, -0.2) is 173 Å². The van der Waals surface area contributed by atoms with Crippen LogP contribution in [0.4, 0.5) is 14.4 Å². The number of primary amides is 3. The number of aromatic amines is 1. The van der Waals surface area contributed by atoms with Gasteiger partial charge in [0.15, 0.2) is 0 Å². The van der Waals surface area contributed by atoms with Gasteiger partial charge in [0.25, 0.3) is 0 Å². The van der Waals surface area contributed by atoms with Gasteiger partial charge in [-0.25, -0.2) is 23.7 Å². The van der Waals surface area contributed by atoms with Crippen LogP contribution in [0, 0.1) is 0 Å². The monoisotopic (exact) mass is 995 g/mol. The van der Waals surface area contributed by atoms with Crippen LogP contribution in [0.5, 0.6) is 0 Å². The molecule has 6 bridgehead atoms. The molecule has 3 atom stereocenters. The predicted molar refractivity (Wildman–Crippen MR) is 238 cm³/mol. The summed E-state index contributed by atoms with van der Waals surface area (Å²) in [5.74, 6) is -1.12. The second kappa shape index (κ2) is 21.0. The molecule has 0 aliphatic carbocycles. The lowest BCUT2D eigenvalue weighted by Gasteiger charge is -2.21. The number of nitrogens with two attached hydrogens (primary N) is 3. The molecule has 0 spiro atoms. The third-order valence-corrected chi connectivity index (χ3v) is 10.9. The fraction of sp³-hybridized carbons (Fsp3) is 0.375. The Bertz CT molecular complexity index is 2340. The Morgan fingerprint density at radius 2 is 1.16 bits per heavy atom. The van der Waals surface area contributed by atoms with E-state index < -0.39 is 5.91 Å². The summed E-state index contributed by atoms with van der Waals surface area (Å²) in [6.07, 6.45) is 19.9. The van der Waals surface area contributed by atoms with Gasteiger partial charge in [0, 0.05) is 48.9 Å². The second-order valence-corrected chi connectivity index (χ2v) is 16.6. The first-order valence-corrected chi connectivity index (χ1v) is 21.1. The molecule has 0 aromatic carbocycles. The molecule has 23 nitrogen and oxygen atoms in total. The van der Waals surface area contributed by atoms with Crippen molar-refractivity contribution < 1.29 is 38.4 Å². The van der Waals surface area contributed by atoms with Crippen LogP contribution in [0.1, 0.15) is 16.7 Å². The Morgan fingerprint density at radius 3 is 1.62 bits per heavy atom. The third kappa shape index (κ3) is 11.6. The molecule has 3 aromatic rings. The minimum absolute atomic E-state index is 0.0419. The van der Waals surface area contributed by atoms with E-state index in [1.807, 2.05) is 12.2 Å². The summed E-state index contributed by atoms with van der Waals surface area (Å²) in [4.78, 5) is 85.5. The summed E-state index contributed by atoms with van der Waals surface area (Å²) in [5, 5.41) is 17.5. The van der Waals surface area contributed by atoms with Gasteiger partial charge >= 0.3 is 18.1 Å². The number of hydrogen-bond donors (Lipinski definition) is 4. The number of amides is 9. The Morgan fingerprint density at radius 1 is 0.703 bits per heavy atom. The van der Waals surface area contributed by atoms with E-state index in [0.717, 1.165) is 41.2 Å². The second-order valence-electron chi connectivity index (χ2n) is 15.2. The fourth-order valence-electron chi connectivity index (χ4n) is 7.36. The molecule has 3 aromatic heterocycles. The average molecular weight is 996 g/mol. The molecule has 0 radical (unpaired) electrons. The maximum absolute atomic E-state index is 12.2. The van der Waals surface area contributed by atoms with Crippen LogP contribution in [-0.2, 0) is 43.3 Å². The highest BCUT2D eigenvalue weighted by atomic mass is 127. The van der Waals surface area contributed by atoms with Crippen LogP contribution in [0.15, 0.2) is 84.3 Å². The van der Waals surface area contributed by atoms with Crippen LogP contribution in [0.3, 0.4) is 0 Å². The molecule has 7 N–H and O–H groups in total. The zero-order chi connectivity index (χ0) is 46.1. The Kier molecular flexibility index (Phi) is 15.4. The Balaban J connectivity index is 0.000000148. The van der Waals surface area contributed by atoms with Crippen LogP contribution in [0.2, 0.25) is 0 Å². The number of rotatable bonds is 14. The first-order chi connectivity index (χ1) is 30.6. The highest BCUT2D eigenvalue weighted by Crippen LogP contribution is 2.29. The van der Waals surface area contributed by atoms with E-state index in [4.69, 9.17) is 26.9 Å². The van der Waals surface area contributed by atoms with E-state index in [9.17, 15) is 28.8 Å².